The van der Waals surface area contributed by atoms with Crippen LogP contribution in [0.3, 0.4) is 0 Å². The molecule has 0 aromatic heterocycles. The molecule has 6 heteroatoms. The minimum absolute atomic E-state index is 0.0274. The Balaban J connectivity index is 2.15. The standard InChI is InChI=1S/C22H30N2O4/c1-13(2)15-9-16-17(10-18(15)24(27)28)22(5)8-6-7-21(4,12-23-14(3)25)20(22)11-19(16)26/h9-10,13,20H,6-8,11-12H2,1-5H3,(H,23,25)/t20-,21-,22+/m0/s1. The van der Waals surface area contributed by atoms with E-state index in [4.69, 9.17) is 0 Å². The van der Waals surface area contributed by atoms with Crippen molar-refractivity contribution in [3.8, 4) is 0 Å². The molecular formula is C22H30N2O4. The number of carbonyl (C=O) groups is 2. The van der Waals surface area contributed by atoms with E-state index in [0.29, 0.717) is 24.1 Å². The number of benzene rings is 1. The summed E-state index contributed by atoms with van der Waals surface area (Å²) in [7, 11) is 0. The van der Waals surface area contributed by atoms with Crippen LogP contribution in [-0.4, -0.2) is 23.2 Å². The van der Waals surface area contributed by atoms with Gasteiger partial charge in [0.05, 0.1) is 4.92 Å². The zero-order valence-electron chi connectivity index (χ0n) is 17.4. The summed E-state index contributed by atoms with van der Waals surface area (Å²) in [5.41, 5.74) is 1.68. The Labute approximate surface area is 166 Å². The van der Waals surface area contributed by atoms with Crippen LogP contribution in [0, 0.1) is 21.4 Å². The number of nitro benzene ring substituents is 1. The normalized spacial score (nSPS) is 29.2. The monoisotopic (exact) mass is 386 g/mol. The van der Waals surface area contributed by atoms with Crippen LogP contribution in [-0.2, 0) is 10.2 Å². The van der Waals surface area contributed by atoms with Crippen LogP contribution in [0.25, 0.3) is 0 Å². The number of carbonyl (C=O) groups excluding carboxylic acids is 2. The van der Waals surface area contributed by atoms with Crippen molar-refractivity contribution < 1.29 is 14.5 Å². The van der Waals surface area contributed by atoms with E-state index < -0.39 is 0 Å². The van der Waals surface area contributed by atoms with Crippen LogP contribution < -0.4 is 5.32 Å². The Morgan fingerprint density at radius 1 is 1.32 bits per heavy atom. The maximum Gasteiger partial charge on any atom is 0.273 e. The molecule has 1 aromatic rings. The van der Waals surface area contributed by atoms with Crippen molar-refractivity contribution >= 4 is 17.4 Å². The number of rotatable bonds is 4. The zero-order valence-corrected chi connectivity index (χ0v) is 17.4. The first-order valence-corrected chi connectivity index (χ1v) is 10.1. The van der Waals surface area contributed by atoms with Crippen molar-refractivity contribution in [3.05, 3.63) is 38.9 Å². The Morgan fingerprint density at radius 2 is 2.00 bits per heavy atom. The maximum atomic E-state index is 13.1. The van der Waals surface area contributed by atoms with Gasteiger partial charge in [-0.25, -0.2) is 0 Å². The minimum Gasteiger partial charge on any atom is -0.356 e. The number of ketones is 1. The van der Waals surface area contributed by atoms with Crippen LogP contribution in [0.4, 0.5) is 5.69 Å². The average Bonchev–Trinajstić information content (AvgIpc) is 2.61. The molecule has 0 heterocycles. The van der Waals surface area contributed by atoms with E-state index in [1.165, 1.54) is 6.92 Å². The van der Waals surface area contributed by atoms with E-state index in [9.17, 15) is 19.7 Å². The van der Waals surface area contributed by atoms with Gasteiger partial charge in [0.15, 0.2) is 5.78 Å². The molecule has 0 saturated heterocycles. The Kier molecular flexibility index (Phi) is 5.11. The van der Waals surface area contributed by atoms with Gasteiger partial charge in [-0.1, -0.05) is 34.1 Å². The predicted molar refractivity (Wildman–Crippen MR) is 108 cm³/mol. The molecule has 2 aliphatic rings. The highest BCUT2D eigenvalue weighted by Gasteiger charge is 2.54. The summed E-state index contributed by atoms with van der Waals surface area (Å²) in [6, 6.07) is 3.43. The smallest absolute Gasteiger partial charge is 0.273 e. The number of nitrogens with zero attached hydrogens (tertiary/aromatic N) is 1. The van der Waals surface area contributed by atoms with Crippen LogP contribution in [0.5, 0.6) is 0 Å². The minimum atomic E-state index is -0.327. The summed E-state index contributed by atoms with van der Waals surface area (Å²) in [6.45, 7) is 10.1. The molecule has 152 valence electrons. The quantitative estimate of drug-likeness (QED) is 0.609. The molecule has 1 fully saturated rings. The largest absolute Gasteiger partial charge is 0.356 e. The first kappa shape index (κ1) is 20.5. The van der Waals surface area contributed by atoms with Gasteiger partial charge in [-0.2, -0.15) is 0 Å². The third-order valence-electron chi connectivity index (χ3n) is 7.09. The molecule has 0 bridgehead atoms. The summed E-state index contributed by atoms with van der Waals surface area (Å²) < 4.78 is 0. The lowest BCUT2D eigenvalue weighted by Crippen LogP contribution is -2.54. The van der Waals surface area contributed by atoms with Gasteiger partial charge in [0.2, 0.25) is 5.91 Å². The summed E-state index contributed by atoms with van der Waals surface area (Å²) in [6.07, 6.45) is 3.22. The molecule has 2 aliphatic carbocycles. The lowest BCUT2D eigenvalue weighted by atomic mass is 9.49. The van der Waals surface area contributed by atoms with Crippen molar-refractivity contribution in [2.45, 2.75) is 71.6 Å². The summed E-state index contributed by atoms with van der Waals surface area (Å²) in [4.78, 5) is 36.0. The van der Waals surface area contributed by atoms with Crippen LogP contribution in [0.15, 0.2) is 12.1 Å². The predicted octanol–water partition coefficient (Wildman–Crippen LogP) is 4.50. The van der Waals surface area contributed by atoms with Gasteiger partial charge in [-0.05, 0) is 47.1 Å². The van der Waals surface area contributed by atoms with Gasteiger partial charge < -0.3 is 5.32 Å². The second-order valence-corrected chi connectivity index (χ2v) is 9.38. The molecule has 3 rings (SSSR count). The molecule has 28 heavy (non-hydrogen) atoms. The van der Waals surface area contributed by atoms with E-state index in [0.717, 1.165) is 24.8 Å². The molecule has 1 aromatic carbocycles. The van der Waals surface area contributed by atoms with Crippen LogP contribution in [0.2, 0.25) is 0 Å². The number of fused-ring (bicyclic) bond motifs is 3. The van der Waals surface area contributed by atoms with E-state index >= 15 is 0 Å². The van der Waals surface area contributed by atoms with Gasteiger partial charge in [0.1, 0.15) is 0 Å². The first-order chi connectivity index (χ1) is 13.0. The average molecular weight is 386 g/mol. The molecule has 1 amide bonds. The SMILES string of the molecule is CC(=O)NC[C@]1(C)CCC[C@]2(C)c3cc([N+](=O)[O-])c(C(C)C)cc3C(=O)C[C@@H]12. The highest BCUT2D eigenvalue weighted by molar-refractivity contribution is 6.00. The first-order valence-electron chi connectivity index (χ1n) is 10.1. The van der Waals surface area contributed by atoms with E-state index in [-0.39, 0.29) is 45.0 Å². The second kappa shape index (κ2) is 6.98. The molecule has 1 saturated carbocycles. The number of hydrogen-bond donors (Lipinski definition) is 1. The lowest BCUT2D eigenvalue weighted by Gasteiger charge is -2.55. The summed E-state index contributed by atoms with van der Waals surface area (Å²) in [5, 5.41) is 14.7. The van der Waals surface area contributed by atoms with Crippen molar-refractivity contribution in [2.75, 3.05) is 6.54 Å². The van der Waals surface area contributed by atoms with Crippen LogP contribution in [0.1, 0.15) is 87.7 Å². The maximum absolute atomic E-state index is 13.1. The molecule has 0 aliphatic heterocycles. The fraction of sp³-hybridized carbons (Fsp3) is 0.636. The topological polar surface area (TPSA) is 89.3 Å². The van der Waals surface area contributed by atoms with Crippen LogP contribution >= 0.6 is 0 Å². The van der Waals surface area contributed by atoms with Gasteiger partial charge in [-0.3, -0.25) is 19.7 Å². The molecular weight excluding hydrogens is 356 g/mol. The third kappa shape index (κ3) is 3.23. The Morgan fingerprint density at radius 3 is 2.57 bits per heavy atom. The summed E-state index contributed by atoms with van der Waals surface area (Å²) >= 11 is 0. The van der Waals surface area contributed by atoms with E-state index in [2.05, 4.69) is 19.2 Å². The Bertz CT molecular complexity index is 847. The number of hydrogen-bond acceptors (Lipinski definition) is 4. The van der Waals surface area contributed by atoms with Crippen molar-refractivity contribution in [3.63, 3.8) is 0 Å². The zero-order chi connectivity index (χ0) is 20.9. The third-order valence-corrected chi connectivity index (χ3v) is 7.09. The van der Waals surface area contributed by atoms with Crippen molar-refractivity contribution in [2.24, 2.45) is 11.3 Å². The molecule has 3 atom stereocenters. The van der Waals surface area contributed by atoms with Crippen molar-refractivity contribution in [1.29, 1.82) is 0 Å². The highest BCUT2D eigenvalue weighted by Crippen LogP contribution is 2.57. The fourth-order valence-electron chi connectivity index (χ4n) is 5.53. The second-order valence-electron chi connectivity index (χ2n) is 9.38. The number of Topliss-reactive ketones (excluding diaryl/α,β-unsaturated/α-hetero) is 1. The lowest BCUT2D eigenvalue weighted by molar-refractivity contribution is -0.385. The van der Waals surface area contributed by atoms with Gasteiger partial charge in [0, 0.05) is 37.1 Å². The van der Waals surface area contributed by atoms with E-state index in [1.54, 1.807) is 12.1 Å². The van der Waals surface area contributed by atoms with Gasteiger partial charge >= 0.3 is 0 Å². The van der Waals surface area contributed by atoms with Gasteiger partial charge in [0.25, 0.3) is 5.69 Å². The molecule has 1 N–H and O–H groups in total. The number of nitro groups is 1. The highest BCUT2D eigenvalue weighted by atomic mass is 16.6. The Hall–Kier alpha value is -2.24. The molecule has 0 radical (unpaired) electrons. The fourth-order valence-corrected chi connectivity index (χ4v) is 5.53. The van der Waals surface area contributed by atoms with Crippen molar-refractivity contribution in [1.82, 2.24) is 5.32 Å². The summed E-state index contributed by atoms with van der Waals surface area (Å²) in [5.74, 6) is 0.00370. The molecule has 0 unspecified atom stereocenters. The number of amides is 1. The molecule has 0 spiro atoms. The molecule has 6 nitrogen and oxygen atoms in total. The van der Waals surface area contributed by atoms with E-state index in [1.807, 2.05) is 13.8 Å². The number of nitrogens with one attached hydrogen (secondary N) is 1. The van der Waals surface area contributed by atoms with Gasteiger partial charge in [-0.15, -0.1) is 0 Å².